The minimum absolute atomic E-state index is 0.227. The fourth-order valence-electron chi connectivity index (χ4n) is 1.50. The van der Waals surface area contributed by atoms with Crippen molar-refractivity contribution in [3.8, 4) is 0 Å². The Balaban J connectivity index is 1.90. The van der Waals surface area contributed by atoms with Gasteiger partial charge in [-0.15, -0.1) is 11.3 Å². The van der Waals surface area contributed by atoms with Crippen LogP contribution in [-0.4, -0.2) is 6.04 Å². The second kappa shape index (κ2) is 5.25. The first-order valence-corrected chi connectivity index (χ1v) is 7.30. The Labute approximate surface area is 106 Å². The number of hydrogen-bond donors (Lipinski definition) is 1. The van der Waals surface area contributed by atoms with Crippen LogP contribution in [0.25, 0.3) is 0 Å². The van der Waals surface area contributed by atoms with Crippen LogP contribution in [0.2, 0.25) is 0 Å². The summed E-state index contributed by atoms with van der Waals surface area (Å²) in [4.78, 5) is 1.35. The van der Waals surface area contributed by atoms with Crippen LogP contribution >= 0.6 is 38.6 Å². The Bertz CT molecular complexity index is 408. The summed E-state index contributed by atoms with van der Waals surface area (Å²) in [7, 11) is 0. The van der Waals surface area contributed by atoms with E-state index in [0.717, 1.165) is 12.8 Å². The molecule has 1 nitrogen and oxygen atoms in total. The standard InChI is InChI=1S/C11H12BrNS2/c12-11-2-1-10(15-11)6-9(13)5-8-3-4-14-7-8/h1-4,7,9H,5-6,13H2. The summed E-state index contributed by atoms with van der Waals surface area (Å²) in [6, 6.07) is 6.60. The Hall–Kier alpha value is -0.160. The molecular formula is C11H12BrNS2. The first-order chi connectivity index (χ1) is 7.24. The van der Waals surface area contributed by atoms with Crippen molar-refractivity contribution in [3.05, 3.63) is 43.2 Å². The monoisotopic (exact) mass is 301 g/mol. The Morgan fingerprint density at radius 2 is 2.13 bits per heavy atom. The molecule has 0 aliphatic carbocycles. The third-order valence-electron chi connectivity index (χ3n) is 2.17. The van der Waals surface area contributed by atoms with E-state index in [0.29, 0.717) is 0 Å². The van der Waals surface area contributed by atoms with Crippen LogP contribution in [-0.2, 0) is 12.8 Å². The van der Waals surface area contributed by atoms with Gasteiger partial charge in [0.1, 0.15) is 0 Å². The molecule has 0 fully saturated rings. The van der Waals surface area contributed by atoms with E-state index in [2.05, 4.69) is 44.9 Å². The van der Waals surface area contributed by atoms with Crippen LogP contribution in [0.3, 0.4) is 0 Å². The van der Waals surface area contributed by atoms with Crippen molar-refractivity contribution in [1.29, 1.82) is 0 Å². The van der Waals surface area contributed by atoms with Crippen molar-refractivity contribution in [2.24, 2.45) is 5.73 Å². The summed E-state index contributed by atoms with van der Waals surface area (Å²) in [5, 5.41) is 4.27. The van der Waals surface area contributed by atoms with Crippen LogP contribution in [0.5, 0.6) is 0 Å². The summed E-state index contributed by atoms with van der Waals surface area (Å²) < 4.78 is 1.18. The van der Waals surface area contributed by atoms with Crippen LogP contribution in [0.15, 0.2) is 32.7 Å². The lowest BCUT2D eigenvalue weighted by atomic mass is 10.1. The van der Waals surface area contributed by atoms with E-state index in [1.54, 1.807) is 22.7 Å². The molecule has 0 bridgehead atoms. The normalized spacial score (nSPS) is 12.9. The summed E-state index contributed by atoms with van der Waals surface area (Å²) in [6.07, 6.45) is 1.94. The van der Waals surface area contributed by atoms with Gasteiger partial charge in [0.2, 0.25) is 0 Å². The summed E-state index contributed by atoms with van der Waals surface area (Å²) in [6.45, 7) is 0. The second-order valence-corrected chi connectivity index (χ2v) is 6.83. The SMILES string of the molecule is NC(Cc1ccsc1)Cc1ccc(Br)s1. The smallest absolute Gasteiger partial charge is 0.0701 e. The first-order valence-electron chi connectivity index (χ1n) is 4.75. The lowest BCUT2D eigenvalue weighted by Crippen LogP contribution is -2.24. The molecule has 4 heteroatoms. The fraction of sp³-hybridized carbons (Fsp3) is 0.273. The molecule has 0 aromatic carbocycles. The van der Waals surface area contributed by atoms with Crippen molar-refractivity contribution in [3.63, 3.8) is 0 Å². The maximum Gasteiger partial charge on any atom is 0.0701 e. The van der Waals surface area contributed by atoms with Gasteiger partial charge < -0.3 is 5.73 Å². The zero-order valence-electron chi connectivity index (χ0n) is 8.15. The topological polar surface area (TPSA) is 26.0 Å². The van der Waals surface area contributed by atoms with Crippen LogP contribution < -0.4 is 5.73 Å². The first kappa shape index (κ1) is 11.3. The summed E-state index contributed by atoms with van der Waals surface area (Å²) in [5.74, 6) is 0. The molecule has 0 saturated carbocycles. The Morgan fingerprint density at radius 3 is 2.73 bits per heavy atom. The van der Waals surface area contributed by atoms with Gasteiger partial charge in [0.15, 0.2) is 0 Å². The van der Waals surface area contributed by atoms with E-state index in [4.69, 9.17) is 5.73 Å². The van der Waals surface area contributed by atoms with Crippen molar-refractivity contribution in [2.75, 3.05) is 0 Å². The predicted molar refractivity (Wildman–Crippen MR) is 71.7 cm³/mol. The van der Waals surface area contributed by atoms with Crippen molar-refractivity contribution in [1.82, 2.24) is 0 Å². The van der Waals surface area contributed by atoms with Gasteiger partial charge in [0, 0.05) is 10.9 Å². The van der Waals surface area contributed by atoms with Gasteiger partial charge in [0.05, 0.1) is 3.79 Å². The second-order valence-electron chi connectivity index (χ2n) is 3.51. The van der Waals surface area contributed by atoms with Crippen molar-refractivity contribution < 1.29 is 0 Å². The number of rotatable bonds is 4. The van der Waals surface area contributed by atoms with Gasteiger partial charge in [-0.3, -0.25) is 0 Å². The molecule has 80 valence electrons. The molecule has 0 spiro atoms. The van der Waals surface area contributed by atoms with E-state index < -0.39 is 0 Å². The summed E-state index contributed by atoms with van der Waals surface area (Å²) in [5.41, 5.74) is 7.45. The molecule has 2 aromatic heterocycles. The minimum atomic E-state index is 0.227. The minimum Gasteiger partial charge on any atom is -0.327 e. The Morgan fingerprint density at radius 1 is 1.27 bits per heavy atom. The van der Waals surface area contributed by atoms with Gasteiger partial charge in [-0.1, -0.05) is 0 Å². The number of thiophene rings is 2. The lowest BCUT2D eigenvalue weighted by molar-refractivity contribution is 0.672. The van der Waals surface area contributed by atoms with E-state index >= 15 is 0 Å². The molecule has 2 rings (SSSR count). The zero-order chi connectivity index (χ0) is 10.7. The Kier molecular flexibility index (Phi) is 3.97. The average Bonchev–Trinajstić information content (AvgIpc) is 2.77. The van der Waals surface area contributed by atoms with Gasteiger partial charge >= 0.3 is 0 Å². The van der Waals surface area contributed by atoms with E-state index in [1.165, 1.54) is 14.2 Å². The highest BCUT2D eigenvalue weighted by Gasteiger charge is 2.07. The molecule has 0 saturated heterocycles. The van der Waals surface area contributed by atoms with Gasteiger partial charge in [-0.05, 0) is 63.3 Å². The number of nitrogens with two attached hydrogens (primary N) is 1. The lowest BCUT2D eigenvalue weighted by Gasteiger charge is -2.08. The summed E-state index contributed by atoms with van der Waals surface area (Å²) >= 11 is 6.96. The van der Waals surface area contributed by atoms with Crippen LogP contribution in [0, 0.1) is 0 Å². The fourth-order valence-corrected chi connectivity index (χ4v) is 3.76. The third kappa shape index (κ3) is 3.41. The van der Waals surface area contributed by atoms with E-state index in [-0.39, 0.29) is 6.04 Å². The molecule has 1 unspecified atom stereocenters. The molecule has 1 atom stereocenters. The van der Waals surface area contributed by atoms with Crippen molar-refractivity contribution in [2.45, 2.75) is 18.9 Å². The molecular weight excluding hydrogens is 290 g/mol. The zero-order valence-corrected chi connectivity index (χ0v) is 11.4. The van der Waals surface area contributed by atoms with E-state index in [9.17, 15) is 0 Å². The molecule has 0 amide bonds. The van der Waals surface area contributed by atoms with Crippen molar-refractivity contribution >= 4 is 38.6 Å². The van der Waals surface area contributed by atoms with Crippen LogP contribution in [0.1, 0.15) is 10.4 Å². The molecule has 0 radical (unpaired) electrons. The highest BCUT2D eigenvalue weighted by Crippen LogP contribution is 2.23. The van der Waals surface area contributed by atoms with Gasteiger partial charge in [-0.25, -0.2) is 0 Å². The van der Waals surface area contributed by atoms with Gasteiger partial charge in [-0.2, -0.15) is 11.3 Å². The maximum absolute atomic E-state index is 6.10. The molecule has 2 N–H and O–H groups in total. The maximum atomic E-state index is 6.10. The molecule has 2 aromatic rings. The quantitative estimate of drug-likeness (QED) is 0.916. The highest BCUT2D eigenvalue weighted by molar-refractivity contribution is 9.11. The predicted octanol–water partition coefficient (Wildman–Crippen LogP) is 3.68. The number of halogens is 1. The largest absolute Gasteiger partial charge is 0.327 e. The molecule has 15 heavy (non-hydrogen) atoms. The molecule has 2 heterocycles. The average molecular weight is 302 g/mol. The van der Waals surface area contributed by atoms with E-state index in [1.807, 2.05) is 0 Å². The molecule has 0 aliphatic heterocycles. The highest BCUT2D eigenvalue weighted by atomic mass is 79.9. The van der Waals surface area contributed by atoms with Gasteiger partial charge in [0.25, 0.3) is 0 Å². The molecule has 0 aliphatic rings. The third-order valence-corrected chi connectivity index (χ3v) is 4.55. The number of hydrogen-bond acceptors (Lipinski definition) is 3. The van der Waals surface area contributed by atoms with Crippen LogP contribution in [0.4, 0.5) is 0 Å².